The van der Waals surface area contributed by atoms with Crippen molar-refractivity contribution in [1.29, 1.82) is 0 Å². The Morgan fingerprint density at radius 1 is 1.29 bits per heavy atom. The van der Waals surface area contributed by atoms with Gasteiger partial charge in [0.15, 0.2) is 0 Å². The molecular formula is C17H23N3O. The predicted octanol–water partition coefficient (Wildman–Crippen LogP) is 3.07. The highest BCUT2D eigenvalue weighted by atomic mass is 16.3. The summed E-state index contributed by atoms with van der Waals surface area (Å²) in [5, 5.41) is 20.3. The third-order valence-corrected chi connectivity index (χ3v) is 6.56. The number of hydrogen-bond donors (Lipinski definition) is 1. The Kier molecular flexibility index (Phi) is 2.31. The summed E-state index contributed by atoms with van der Waals surface area (Å²) in [6.07, 6.45) is 3.40. The lowest BCUT2D eigenvalue weighted by atomic mass is 9.59. The smallest absolute Gasteiger partial charge is 0.117 e. The number of aromatic nitrogens is 3. The lowest BCUT2D eigenvalue weighted by Gasteiger charge is -2.50. The molecule has 0 saturated heterocycles. The Hall–Kier alpha value is -1.42. The fourth-order valence-corrected chi connectivity index (χ4v) is 5.21. The molecule has 4 rings (SSSR count). The molecule has 2 heterocycles. The number of fused-ring (bicyclic) bond motifs is 3. The maximum absolute atomic E-state index is 11.9. The standard InChI is InChI=1S/C17H23N3O/c1-11-13-6-5-7-14(20(13)19-18-11)17(21)15(2,3)12-8-9-16(17,4)10-12/h5-7,12,21H,8-10H2,1-4H3. The average Bonchev–Trinajstić information content (AvgIpc) is 3.06. The van der Waals surface area contributed by atoms with Crippen molar-refractivity contribution in [2.75, 3.05) is 0 Å². The van der Waals surface area contributed by atoms with E-state index in [1.54, 1.807) is 0 Å². The van der Waals surface area contributed by atoms with Crippen molar-refractivity contribution >= 4 is 5.52 Å². The van der Waals surface area contributed by atoms with E-state index < -0.39 is 5.60 Å². The minimum Gasteiger partial charge on any atom is -0.382 e. The number of hydrogen-bond acceptors (Lipinski definition) is 3. The number of pyridine rings is 1. The molecule has 2 saturated carbocycles. The van der Waals surface area contributed by atoms with Gasteiger partial charge in [0, 0.05) is 10.8 Å². The highest BCUT2D eigenvalue weighted by Crippen LogP contribution is 2.71. The van der Waals surface area contributed by atoms with E-state index in [4.69, 9.17) is 0 Å². The maximum atomic E-state index is 11.9. The van der Waals surface area contributed by atoms with Crippen molar-refractivity contribution < 1.29 is 5.11 Å². The van der Waals surface area contributed by atoms with Crippen LogP contribution in [0.4, 0.5) is 0 Å². The third-order valence-electron chi connectivity index (χ3n) is 6.56. The summed E-state index contributed by atoms with van der Waals surface area (Å²) in [4.78, 5) is 0. The van der Waals surface area contributed by atoms with E-state index in [0.29, 0.717) is 5.92 Å². The molecule has 21 heavy (non-hydrogen) atoms. The number of aliphatic hydroxyl groups is 1. The normalized spacial score (nSPS) is 37.5. The minimum absolute atomic E-state index is 0.0741. The van der Waals surface area contributed by atoms with Gasteiger partial charge < -0.3 is 5.11 Å². The van der Waals surface area contributed by atoms with Crippen LogP contribution in [0, 0.1) is 23.7 Å². The molecule has 0 aliphatic heterocycles. The lowest BCUT2D eigenvalue weighted by molar-refractivity contribution is -0.154. The van der Waals surface area contributed by atoms with Crippen LogP contribution in [-0.4, -0.2) is 19.9 Å². The van der Waals surface area contributed by atoms with Gasteiger partial charge in [0.05, 0.1) is 16.9 Å². The second-order valence-electron chi connectivity index (χ2n) is 7.82. The molecule has 0 aromatic carbocycles. The highest BCUT2D eigenvalue weighted by Gasteiger charge is 2.69. The van der Waals surface area contributed by atoms with Crippen molar-refractivity contribution in [2.45, 2.75) is 52.6 Å². The van der Waals surface area contributed by atoms with E-state index in [2.05, 4.69) is 31.1 Å². The molecule has 2 aromatic heterocycles. The Balaban J connectivity index is 2.03. The topological polar surface area (TPSA) is 50.4 Å². The van der Waals surface area contributed by atoms with Crippen molar-refractivity contribution in [1.82, 2.24) is 14.8 Å². The quantitative estimate of drug-likeness (QED) is 0.876. The second-order valence-corrected chi connectivity index (χ2v) is 7.82. The van der Waals surface area contributed by atoms with Crippen molar-refractivity contribution in [2.24, 2.45) is 16.7 Å². The van der Waals surface area contributed by atoms with Gasteiger partial charge in [0.1, 0.15) is 5.60 Å². The van der Waals surface area contributed by atoms with Gasteiger partial charge >= 0.3 is 0 Å². The van der Waals surface area contributed by atoms with Crippen LogP contribution >= 0.6 is 0 Å². The molecular weight excluding hydrogens is 262 g/mol. The molecule has 4 heteroatoms. The summed E-state index contributed by atoms with van der Waals surface area (Å²) in [6, 6.07) is 6.06. The molecule has 2 aromatic rings. The van der Waals surface area contributed by atoms with Crippen LogP contribution in [0.1, 0.15) is 51.4 Å². The first-order chi connectivity index (χ1) is 9.81. The Morgan fingerprint density at radius 2 is 2.05 bits per heavy atom. The van der Waals surface area contributed by atoms with E-state index in [9.17, 15) is 5.11 Å². The highest BCUT2D eigenvalue weighted by molar-refractivity contribution is 5.52. The van der Waals surface area contributed by atoms with E-state index in [1.807, 2.05) is 29.6 Å². The van der Waals surface area contributed by atoms with Gasteiger partial charge in [-0.3, -0.25) is 0 Å². The Bertz CT molecular complexity index is 728. The van der Waals surface area contributed by atoms with Crippen LogP contribution in [0.15, 0.2) is 18.2 Å². The van der Waals surface area contributed by atoms with Crippen molar-refractivity contribution in [3.8, 4) is 0 Å². The molecule has 2 aliphatic carbocycles. The van der Waals surface area contributed by atoms with Gasteiger partial charge in [0.25, 0.3) is 0 Å². The van der Waals surface area contributed by atoms with E-state index >= 15 is 0 Å². The van der Waals surface area contributed by atoms with Gasteiger partial charge in [-0.2, -0.15) is 0 Å². The van der Waals surface area contributed by atoms with Gasteiger partial charge in [-0.1, -0.05) is 32.1 Å². The summed E-state index contributed by atoms with van der Waals surface area (Å²) in [6.45, 7) is 8.63. The van der Waals surface area contributed by atoms with Crippen LogP contribution in [0.2, 0.25) is 0 Å². The fourth-order valence-electron chi connectivity index (χ4n) is 5.21. The Morgan fingerprint density at radius 3 is 2.71 bits per heavy atom. The number of aryl methyl sites for hydroxylation is 1. The molecule has 2 fully saturated rings. The first-order valence-electron chi connectivity index (χ1n) is 7.85. The van der Waals surface area contributed by atoms with Crippen LogP contribution in [-0.2, 0) is 5.60 Å². The summed E-state index contributed by atoms with van der Waals surface area (Å²) < 4.78 is 1.85. The van der Waals surface area contributed by atoms with Crippen LogP contribution in [0.5, 0.6) is 0 Å². The SMILES string of the molecule is Cc1nnn2c(C3(O)C4(C)CCC(C4)C3(C)C)cccc12. The predicted molar refractivity (Wildman–Crippen MR) is 80.8 cm³/mol. The van der Waals surface area contributed by atoms with Crippen LogP contribution in [0.3, 0.4) is 0 Å². The van der Waals surface area contributed by atoms with Gasteiger partial charge in [-0.05, 0) is 44.2 Å². The average molecular weight is 285 g/mol. The molecule has 2 aliphatic rings. The largest absolute Gasteiger partial charge is 0.382 e. The Labute approximate surface area is 125 Å². The summed E-state index contributed by atoms with van der Waals surface area (Å²) in [5.74, 6) is 0.576. The van der Waals surface area contributed by atoms with Gasteiger partial charge in [-0.25, -0.2) is 4.52 Å². The molecule has 2 bridgehead atoms. The van der Waals surface area contributed by atoms with Crippen LogP contribution < -0.4 is 0 Å². The fraction of sp³-hybridized carbons (Fsp3) is 0.647. The zero-order valence-electron chi connectivity index (χ0n) is 13.2. The molecule has 0 radical (unpaired) electrons. The molecule has 0 spiro atoms. The second kappa shape index (κ2) is 3.67. The van der Waals surface area contributed by atoms with Crippen molar-refractivity contribution in [3.63, 3.8) is 0 Å². The first-order valence-corrected chi connectivity index (χ1v) is 7.85. The minimum atomic E-state index is -0.859. The van der Waals surface area contributed by atoms with E-state index in [-0.39, 0.29) is 10.8 Å². The molecule has 3 atom stereocenters. The molecule has 0 amide bonds. The maximum Gasteiger partial charge on any atom is 0.117 e. The van der Waals surface area contributed by atoms with Crippen molar-refractivity contribution in [3.05, 3.63) is 29.6 Å². The molecule has 1 N–H and O–H groups in total. The molecule has 112 valence electrons. The summed E-state index contributed by atoms with van der Waals surface area (Å²) >= 11 is 0. The van der Waals surface area contributed by atoms with E-state index in [0.717, 1.165) is 29.7 Å². The zero-order valence-corrected chi connectivity index (χ0v) is 13.2. The number of rotatable bonds is 1. The van der Waals surface area contributed by atoms with Gasteiger partial charge in [0.2, 0.25) is 0 Å². The lowest BCUT2D eigenvalue weighted by Crippen LogP contribution is -2.52. The third kappa shape index (κ3) is 1.30. The molecule has 3 unspecified atom stereocenters. The van der Waals surface area contributed by atoms with Crippen LogP contribution in [0.25, 0.3) is 5.52 Å². The zero-order chi connectivity index (χ0) is 15.0. The monoisotopic (exact) mass is 285 g/mol. The van der Waals surface area contributed by atoms with E-state index in [1.165, 1.54) is 6.42 Å². The van der Waals surface area contributed by atoms with Gasteiger partial charge in [-0.15, -0.1) is 5.10 Å². The summed E-state index contributed by atoms with van der Waals surface area (Å²) in [5.41, 5.74) is 1.72. The number of nitrogens with zero attached hydrogens (tertiary/aromatic N) is 3. The summed E-state index contributed by atoms with van der Waals surface area (Å²) in [7, 11) is 0. The molecule has 4 nitrogen and oxygen atoms in total. The first kappa shape index (κ1) is 13.3.